The number of furan rings is 1. The maximum atomic E-state index is 12.3. The molecule has 0 radical (unpaired) electrons. The number of hydrogen-bond acceptors (Lipinski definition) is 5. The van der Waals surface area contributed by atoms with Gasteiger partial charge in [-0.15, -0.1) is 0 Å². The van der Waals surface area contributed by atoms with Gasteiger partial charge in [0.05, 0.1) is 5.92 Å². The van der Waals surface area contributed by atoms with E-state index in [1.165, 1.54) is 12.3 Å². The van der Waals surface area contributed by atoms with E-state index in [-0.39, 0.29) is 5.03 Å². The molecule has 24 heavy (non-hydrogen) atoms. The predicted octanol–water partition coefficient (Wildman–Crippen LogP) is 2.74. The van der Waals surface area contributed by atoms with Gasteiger partial charge in [0.25, 0.3) is 10.0 Å². The normalized spacial score (nSPS) is 12.9. The Morgan fingerprint density at radius 1 is 1.21 bits per heavy atom. The molecule has 0 fully saturated rings. The van der Waals surface area contributed by atoms with Gasteiger partial charge in [0, 0.05) is 11.6 Å². The predicted molar refractivity (Wildman–Crippen MR) is 88.9 cm³/mol. The number of sulfonamides is 1. The number of aryl methyl sites for hydroxylation is 1. The summed E-state index contributed by atoms with van der Waals surface area (Å²) >= 11 is 0. The fraction of sp³-hybridized carbons (Fsp3) is 0.176. The van der Waals surface area contributed by atoms with Gasteiger partial charge in [-0.2, -0.15) is 8.42 Å². The minimum absolute atomic E-state index is 0.187. The second kappa shape index (κ2) is 6.09. The number of amides is 1. The molecule has 1 N–H and O–H groups in total. The average molecular weight is 344 g/mol. The third kappa shape index (κ3) is 3.16. The first-order chi connectivity index (χ1) is 11.4. The monoisotopic (exact) mass is 344 g/mol. The van der Waals surface area contributed by atoms with Crippen LogP contribution in [0.25, 0.3) is 11.0 Å². The van der Waals surface area contributed by atoms with Crippen LogP contribution in [-0.4, -0.2) is 19.3 Å². The standard InChI is InChI=1S/C17H16N2O4S/c1-11-7-8-18-16(9-11)24(21,22)19-17(20)12(2)15-10-13-5-3-4-6-14(13)23-15/h3-10,12H,1-2H3,(H,19,20). The van der Waals surface area contributed by atoms with Crippen LogP contribution in [0.15, 0.2) is 58.1 Å². The van der Waals surface area contributed by atoms with Crippen molar-refractivity contribution in [3.8, 4) is 0 Å². The minimum Gasteiger partial charge on any atom is -0.460 e. The molecule has 1 amide bonds. The molecule has 2 heterocycles. The molecule has 0 saturated heterocycles. The lowest BCUT2D eigenvalue weighted by Crippen LogP contribution is -2.34. The smallest absolute Gasteiger partial charge is 0.281 e. The number of nitrogens with one attached hydrogen (secondary N) is 1. The van der Waals surface area contributed by atoms with Crippen LogP contribution < -0.4 is 4.72 Å². The van der Waals surface area contributed by atoms with E-state index < -0.39 is 21.8 Å². The number of hydrogen-bond donors (Lipinski definition) is 1. The van der Waals surface area contributed by atoms with Crippen LogP contribution in [0.5, 0.6) is 0 Å². The topological polar surface area (TPSA) is 89.3 Å². The van der Waals surface area contributed by atoms with Gasteiger partial charge in [-0.25, -0.2) is 9.71 Å². The fourth-order valence-electron chi connectivity index (χ4n) is 2.27. The van der Waals surface area contributed by atoms with E-state index in [0.717, 1.165) is 10.9 Å². The first kappa shape index (κ1) is 16.2. The lowest BCUT2D eigenvalue weighted by Gasteiger charge is -2.10. The third-order valence-electron chi connectivity index (χ3n) is 3.67. The zero-order valence-corrected chi connectivity index (χ0v) is 14.0. The molecule has 7 heteroatoms. The highest BCUT2D eigenvalue weighted by atomic mass is 32.2. The first-order valence-electron chi connectivity index (χ1n) is 7.34. The number of fused-ring (bicyclic) bond motifs is 1. The van der Waals surface area contributed by atoms with E-state index in [1.54, 1.807) is 32.0 Å². The largest absolute Gasteiger partial charge is 0.460 e. The van der Waals surface area contributed by atoms with E-state index in [0.29, 0.717) is 11.3 Å². The number of carbonyl (C=O) groups excluding carboxylic acids is 1. The summed E-state index contributed by atoms with van der Waals surface area (Å²) in [4.78, 5) is 16.1. The van der Waals surface area contributed by atoms with E-state index in [9.17, 15) is 13.2 Å². The lowest BCUT2D eigenvalue weighted by molar-refractivity contribution is -0.120. The maximum absolute atomic E-state index is 12.3. The average Bonchev–Trinajstić information content (AvgIpc) is 2.97. The highest BCUT2D eigenvalue weighted by molar-refractivity contribution is 7.90. The van der Waals surface area contributed by atoms with E-state index in [4.69, 9.17) is 4.42 Å². The Balaban J connectivity index is 1.83. The number of pyridine rings is 1. The van der Waals surface area contributed by atoms with Gasteiger partial charge in [0.15, 0.2) is 5.03 Å². The van der Waals surface area contributed by atoms with Gasteiger partial charge >= 0.3 is 0 Å². The second-order valence-corrected chi connectivity index (χ2v) is 7.18. The molecule has 1 unspecified atom stereocenters. The van der Waals surface area contributed by atoms with Gasteiger partial charge in [-0.3, -0.25) is 4.79 Å². The molecule has 0 aliphatic carbocycles. The number of nitrogens with zero attached hydrogens (tertiary/aromatic N) is 1. The Labute approximate surface area is 139 Å². The number of para-hydroxylation sites is 1. The molecule has 0 aliphatic heterocycles. The number of carbonyl (C=O) groups is 1. The molecule has 124 valence electrons. The molecule has 0 aliphatic rings. The molecule has 0 bridgehead atoms. The summed E-state index contributed by atoms with van der Waals surface area (Å²) < 4.78 is 32.2. The van der Waals surface area contributed by atoms with E-state index in [1.807, 2.05) is 18.2 Å². The van der Waals surface area contributed by atoms with Crippen LogP contribution in [0, 0.1) is 6.92 Å². The van der Waals surface area contributed by atoms with E-state index >= 15 is 0 Å². The minimum atomic E-state index is -4.02. The summed E-state index contributed by atoms with van der Waals surface area (Å²) in [6.07, 6.45) is 1.39. The van der Waals surface area contributed by atoms with Crippen molar-refractivity contribution in [1.82, 2.24) is 9.71 Å². The molecule has 1 aromatic carbocycles. The van der Waals surface area contributed by atoms with E-state index in [2.05, 4.69) is 9.71 Å². The van der Waals surface area contributed by atoms with Crippen molar-refractivity contribution in [2.75, 3.05) is 0 Å². The van der Waals surface area contributed by atoms with Crippen LogP contribution in [0.4, 0.5) is 0 Å². The Hall–Kier alpha value is -2.67. The number of rotatable bonds is 4. The molecule has 0 spiro atoms. The Morgan fingerprint density at radius 3 is 2.67 bits per heavy atom. The van der Waals surface area contributed by atoms with Gasteiger partial charge < -0.3 is 4.42 Å². The van der Waals surface area contributed by atoms with Crippen LogP contribution in [-0.2, 0) is 14.8 Å². The summed E-state index contributed by atoms with van der Waals surface area (Å²) in [6.45, 7) is 3.34. The van der Waals surface area contributed by atoms with Crippen molar-refractivity contribution in [1.29, 1.82) is 0 Å². The van der Waals surface area contributed by atoms with Crippen LogP contribution >= 0.6 is 0 Å². The van der Waals surface area contributed by atoms with Crippen molar-refractivity contribution < 1.29 is 17.6 Å². The Kier molecular flexibility index (Phi) is 4.11. The SMILES string of the molecule is Cc1ccnc(S(=O)(=O)NC(=O)C(C)c2cc3ccccc3o2)c1. The molecule has 3 rings (SSSR count). The van der Waals surface area contributed by atoms with Crippen molar-refractivity contribution >= 4 is 26.9 Å². The van der Waals surface area contributed by atoms with Gasteiger partial charge in [-0.05, 0) is 43.7 Å². The van der Waals surface area contributed by atoms with Crippen LogP contribution in [0.2, 0.25) is 0 Å². The molecule has 1 atom stereocenters. The summed E-state index contributed by atoms with van der Waals surface area (Å²) in [5.41, 5.74) is 1.39. The first-order valence-corrected chi connectivity index (χ1v) is 8.83. The third-order valence-corrected chi connectivity index (χ3v) is 4.91. The fourth-order valence-corrected chi connectivity index (χ4v) is 3.36. The van der Waals surface area contributed by atoms with Crippen molar-refractivity contribution in [2.45, 2.75) is 24.8 Å². The molecule has 6 nitrogen and oxygen atoms in total. The van der Waals surface area contributed by atoms with Gasteiger partial charge in [0.2, 0.25) is 5.91 Å². The Bertz CT molecular complexity index is 975. The van der Waals surface area contributed by atoms with Crippen LogP contribution in [0.1, 0.15) is 24.2 Å². The van der Waals surface area contributed by atoms with Crippen molar-refractivity contribution in [3.63, 3.8) is 0 Å². The number of benzene rings is 1. The summed E-state index contributed by atoms with van der Waals surface area (Å²) in [5.74, 6) is -1.02. The summed E-state index contributed by atoms with van der Waals surface area (Å²) in [7, 11) is -4.02. The lowest BCUT2D eigenvalue weighted by atomic mass is 10.1. The van der Waals surface area contributed by atoms with Crippen LogP contribution in [0.3, 0.4) is 0 Å². The summed E-state index contributed by atoms with van der Waals surface area (Å²) in [5, 5.41) is 0.669. The Morgan fingerprint density at radius 2 is 1.96 bits per heavy atom. The second-order valence-electron chi connectivity index (χ2n) is 5.55. The highest BCUT2D eigenvalue weighted by Crippen LogP contribution is 2.25. The quantitative estimate of drug-likeness (QED) is 0.786. The number of aromatic nitrogens is 1. The maximum Gasteiger partial charge on any atom is 0.281 e. The summed E-state index contributed by atoms with van der Waals surface area (Å²) in [6, 6.07) is 12.2. The molecule has 0 saturated carbocycles. The molecular formula is C17H16N2O4S. The van der Waals surface area contributed by atoms with Gasteiger partial charge in [-0.1, -0.05) is 18.2 Å². The van der Waals surface area contributed by atoms with Crippen molar-refractivity contribution in [3.05, 3.63) is 60.0 Å². The molecular weight excluding hydrogens is 328 g/mol. The molecule has 2 aromatic heterocycles. The zero-order chi connectivity index (χ0) is 17.3. The zero-order valence-electron chi connectivity index (χ0n) is 13.2. The highest BCUT2D eigenvalue weighted by Gasteiger charge is 2.25. The van der Waals surface area contributed by atoms with Crippen molar-refractivity contribution in [2.24, 2.45) is 0 Å². The van der Waals surface area contributed by atoms with Gasteiger partial charge in [0.1, 0.15) is 11.3 Å². The molecule has 3 aromatic rings.